The van der Waals surface area contributed by atoms with Crippen molar-refractivity contribution in [1.82, 2.24) is 4.90 Å². The molecule has 33 heavy (non-hydrogen) atoms. The summed E-state index contributed by atoms with van der Waals surface area (Å²) in [6, 6.07) is 17.4. The lowest BCUT2D eigenvalue weighted by Crippen LogP contribution is -2.36. The molecule has 4 rings (SSSR count). The van der Waals surface area contributed by atoms with Gasteiger partial charge in [0.15, 0.2) is 0 Å². The summed E-state index contributed by atoms with van der Waals surface area (Å²) in [5.41, 5.74) is 3.94. The molecule has 0 spiro atoms. The van der Waals surface area contributed by atoms with E-state index in [-0.39, 0.29) is 22.1 Å². The maximum absolute atomic E-state index is 13.3. The quantitative estimate of drug-likeness (QED) is 0.593. The van der Waals surface area contributed by atoms with Crippen LogP contribution >= 0.6 is 0 Å². The minimum Gasteiger partial charge on any atom is -0.497 e. The molecule has 7 nitrogen and oxygen atoms in total. The van der Waals surface area contributed by atoms with E-state index in [9.17, 15) is 13.2 Å². The number of carbonyl (C=O) groups excluding carboxylic acids is 1. The van der Waals surface area contributed by atoms with Crippen molar-refractivity contribution in [1.29, 1.82) is 0 Å². The molecule has 1 amide bonds. The molecule has 1 aliphatic heterocycles. The zero-order chi connectivity index (χ0) is 23.6. The van der Waals surface area contributed by atoms with Crippen LogP contribution in [-0.4, -0.2) is 40.0 Å². The number of amides is 1. The number of fused-ring (bicyclic) bond motifs is 1. The van der Waals surface area contributed by atoms with Gasteiger partial charge >= 0.3 is 0 Å². The number of hydrogen-bond donors (Lipinski definition) is 1. The Kier molecular flexibility index (Phi) is 6.29. The molecule has 0 saturated carbocycles. The summed E-state index contributed by atoms with van der Waals surface area (Å²) >= 11 is 0. The molecular formula is C25H26N2O5S. The SMILES string of the molecule is COc1ccc2c(c1)CN(C(=O)c1ccc(OC)c(S(=O)(=O)Nc3ccc(C)cc3)c1)CC2. The Hall–Kier alpha value is -3.52. The summed E-state index contributed by atoms with van der Waals surface area (Å²) < 4.78 is 39.4. The van der Waals surface area contributed by atoms with Gasteiger partial charge in [0, 0.05) is 24.3 Å². The molecule has 0 unspecified atom stereocenters. The molecule has 3 aromatic rings. The van der Waals surface area contributed by atoms with E-state index in [1.807, 2.05) is 37.3 Å². The molecule has 0 fully saturated rings. The number of aryl methyl sites for hydroxylation is 1. The number of rotatable bonds is 6. The molecule has 0 aliphatic carbocycles. The highest BCUT2D eigenvalue weighted by molar-refractivity contribution is 7.92. The van der Waals surface area contributed by atoms with Crippen LogP contribution < -0.4 is 14.2 Å². The summed E-state index contributed by atoms with van der Waals surface area (Å²) in [4.78, 5) is 14.9. The molecule has 0 aromatic heterocycles. The summed E-state index contributed by atoms with van der Waals surface area (Å²) in [7, 11) is -0.968. The predicted octanol–water partition coefficient (Wildman–Crippen LogP) is 4.01. The topological polar surface area (TPSA) is 84.9 Å². The van der Waals surface area contributed by atoms with E-state index in [0.717, 1.165) is 23.3 Å². The van der Waals surface area contributed by atoms with Gasteiger partial charge in [-0.1, -0.05) is 23.8 Å². The van der Waals surface area contributed by atoms with Crippen LogP contribution in [0.1, 0.15) is 27.0 Å². The fraction of sp³-hybridized carbons (Fsp3) is 0.240. The summed E-state index contributed by atoms with van der Waals surface area (Å²) in [6.45, 7) is 2.90. The van der Waals surface area contributed by atoms with Crippen molar-refractivity contribution in [3.05, 3.63) is 82.9 Å². The van der Waals surface area contributed by atoms with Gasteiger partial charge in [0.1, 0.15) is 16.4 Å². The molecule has 0 atom stereocenters. The number of nitrogens with zero attached hydrogens (tertiary/aromatic N) is 1. The largest absolute Gasteiger partial charge is 0.497 e. The molecule has 172 valence electrons. The zero-order valence-electron chi connectivity index (χ0n) is 18.8. The van der Waals surface area contributed by atoms with Crippen LogP contribution in [0.5, 0.6) is 11.5 Å². The van der Waals surface area contributed by atoms with Crippen molar-refractivity contribution >= 4 is 21.6 Å². The number of benzene rings is 3. The third-order valence-electron chi connectivity index (χ3n) is 5.72. The van der Waals surface area contributed by atoms with Crippen LogP contribution in [0.25, 0.3) is 0 Å². The van der Waals surface area contributed by atoms with Gasteiger partial charge in [-0.25, -0.2) is 8.42 Å². The standard InChI is InChI=1S/C25H26N2O5S/c1-17-4-8-21(9-5-17)26-33(29,30)24-15-19(7-11-23(24)32-3)25(28)27-13-12-18-6-10-22(31-2)14-20(18)16-27/h4-11,14-15,26H,12-13,16H2,1-3H3. The highest BCUT2D eigenvalue weighted by atomic mass is 32.2. The van der Waals surface area contributed by atoms with Crippen LogP contribution in [0.15, 0.2) is 65.6 Å². The molecule has 1 aliphatic rings. The van der Waals surface area contributed by atoms with Gasteiger partial charge in [0.25, 0.3) is 15.9 Å². The number of sulfonamides is 1. The molecule has 0 radical (unpaired) electrons. The Bertz CT molecular complexity index is 1290. The highest BCUT2D eigenvalue weighted by Crippen LogP contribution is 2.29. The van der Waals surface area contributed by atoms with Crippen LogP contribution in [0.4, 0.5) is 5.69 Å². The first-order valence-electron chi connectivity index (χ1n) is 10.5. The van der Waals surface area contributed by atoms with Crippen molar-refractivity contribution in [3.63, 3.8) is 0 Å². The van der Waals surface area contributed by atoms with E-state index >= 15 is 0 Å². The smallest absolute Gasteiger partial charge is 0.265 e. The Balaban J connectivity index is 1.62. The maximum atomic E-state index is 13.3. The Morgan fingerprint density at radius 3 is 2.39 bits per heavy atom. The van der Waals surface area contributed by atoms with Gasteiger partial charge in [0.2, 0.25) is 0 Å². The van der Waals surface area contributed by atoms with Crippen LogP contribution in [0.2, 0.25) is 0 Å². The van der Waals surface area contributed by atoms with Gasteiger partial charge in [0.05, 0.1) is 14.2 Å². The third-order valence-corrected chi connectivity index (χ3v) is 7.12. The first-order valence-corrected chi connectivity index (χ1v) is 12.0. The molecule has 0 bridgehead atoms. The number of methoxy groups -OCH3 is 2. The number of anilines is 1. The van der Waals surface area contributed by atoms with Gasteiger partial charge in [-0.15, -0.1) is 0 Å². The van der Waals surface area contributed by atoms with Gasteiger partial charge in [-0.05, 0) is 66.9 Å². The molecule has 0 saturated heterocycles. The van der Waals surface area contributed by atoms with Crippen molar-refractivity contribution in [2.24, 2.45) is 0 Å². The lowest BCUT2D eigenvalue weighted by Gasteiger charge is -2.29. The number of ether oxygens (including phenoxy) is 2. The van der Waals surface area contributed by atoms with Gasteiger partial charge < -0.3 is 14.4 Å². The highest BCUT2D eigenvalue weighted by Gasteiger charge is 2.26. The summed E-state index contributed by atoms with van der Waals surface area (Å²) in [5.74, 6) is 0.667. The van der Waals surface area contributed by atoms with Crippen molar-refractivity contribution < 1.29 is 22.7 Å². The lowest BCUT2D eigenvalue weighted by molar-refractivity contribution is 0.0734. The summed E-state index contributed by atoms with van der Waals surface area (Å²) in [5, 5.41) is 0. The zero-order valence-corrected chi connectivity index (χ0v) is 19.6. The Morgan fingerprint density at radius 1 is 0.939 bits per heavy atom. The van der Waals surface area contributed by atoms with Crippen LogP contribution in [0.3, 0.4) is 0 Å². The van der Waals surface area contributed by atoms with Gasteiger partial charge in [-0.3, -0.25) is 9.52 Å². The number of carbonyl (C=O) groups is 1. The minimum atomic E-state index is -3.98. The fourth-order valence-electron chi connectivity index (χ4n) is 3.87. The lowest BCUT2D eigenvalue weighted by atomic mass is 9.99. The monoisotopic (exact) mass is 466 g/mol. The third kappa shape index (κ3) is 4.80. The Labute approximate surface area is 194 Å². The van der Waals surface area contributed by atoms with E-state index in [0.29, 0.717) is 18.8 Å². The minimum absolute atomic E-state index is 0.0875. The molecule has 3 aromatic carbocycles. The second-order valence-electron chi connectivity index (χ2n) is 7.95. The number of hydrogen-bond acceptors (Lipinski definition) is 5. The van der Waals surface area contributed by atoms with E-state index in [4.69, 9.17) is 9.47 Å². The molecule has 8 heteroatoms. The van der Waals surface area contributed by atoms with E-state index in [1.165, 1.54) is 24.8 Å². The number of nitrogens with one attached hydrogen (secondary N) is 1. The van der Waals surface area contributed by atoms with E-state index < -0.39 is 10.0 Å². The molecule has 1 heterocycles. The average molecular weight is 467 g/mol. The van der Waals surface area contributed by atoms with Crippen molar-refractivity contribution in [3.8, 4) is 11.5 Å². The van der Waals surface area contributed by atoms with E-state index in [2.05, 4.69) is 4.72 Å². The first kappa shape index (κ1) is 22.7. The normalized spacial score (nSPS) is 13.2. The van der Waals surface area contributed by atoms with E-state index in [1.54, 1.807) is 30.2 Å². The molecule has 1 N–H and O–H groups in total. The fourth-order valence-corrected chi connectivity index (χ4v) is 5.12. The van der Waals surface area contributed by atoms with Crippen molar-refractivity contribution in [2.45, 2.75) is 24.8 Å². The summed E-state index contributed by atoms with van der Waals surface area (Å²) in [6.07, 6.45) is 0.724. The van der Waals surface area contributed by atoms with Gasteiger partial charge in [-0.2, -0.15) is 0 Å². The Morgan fingerprint density at radius 2 is 1.70 bits per heavy atom. The van der Waals surface area contributed by atoms with Crippen LogP contribution in [-0.2, 0) is 23.0 Å². The molecular weight excluding hydrogens is 440 g/mol. The second-order valence-corrected chi connectivity index (χ2v) is 9.60. The maximum Gasteiger partial charge on any atom is 0.265 e. The predicted molar refractivity (Wildman–Crippen MR) is 126 cm³/mol. The average Bonchev–Trinajstić information content (AvgIpc) is 2.83. The second kappa shape index (κ2) is 9.15. The first-order chi connectivity index (χ1) is 15.8. The van der Waals surface area contributed by atoms with Crippen molar-refractivity contribution in [2.75, 3.05) is 25.5 Å². The van der Waals surface area contributed by atoms with Crippen LogP contribution in [0, 0.1) is 6.92 Å².